The number of nitrogens with zero attached hydrogens (tertiary/aromatic N) is 2. The number of rotatable bonds is 2. The van der Waals surface area contributed by atoms with Crippen LogP contribution in [0.2, 0.25) is 0 Å². The van der Waals surface area contributed by atoms with E-state index in [0.717, 1.165) is 10.5 Å². The highest BCUT2D eigenvalue weighted by molar-refractivity contribution is 7.98. The summed E-state index contributed by atoms with van der Waals surface area (Å²) in [7, 11) is 0. The van der Waals surface area contributed by atoms with E-state index in [1.54, 1.807) is 24.2 Å². The maximum absolute atomic E-state index is 8.62. The fraction of sp³-hybridized carbons (Fsp3) is 0.111. The largest absolute Gasteiger partial charge is 0.264 e. The molecule has 12 heavy (non-hydrogen) atoms. The van der Waals surface area contributed by atoms with Crippen LogP contribution < -0.4 is 0 Å². The summed E-state index contributed by atoms with van der Waals surface area (Å²) < 4.78 is 0. The van der Waals surface area contributed by atoms with Crippen LogP contribution in [0.4, 0.5) is 0 Å². The van der Waals surface area contributed by atoms with Gasteiger partial charge in [-0.3, -0.25) is 4.98 Å². The second-order valence-corrected chi connectivity index (χ2v) is 3.01. The molecule has 0 bridgehead atoms. The van der Waals surface area contributed by atoms with Gasteiger partial charge in [0, 0.05) is 22.9 Å². The quantitative estimate of drug-likeness (QED) is 0.512. The molecular weight excluding hydrogens is 168 g/mol. The molecule has 0 spiro atoms. The minimum Gasteiger partial charge on any atom is -0.264 e. The van der Waals surface area contributed by atoms with E-state index in [2.05, 4.69) is 11.6 Å². The molecule has 0 aromatic carbocycles. The first-order chi connectivity index (χ1) is 5.79. The Morgan fingerprint density at radius 2 is 2.50 bits per heavy atom. The summed E-state index contributed by atoms with van der Waals surface area (Å²) in [5, 5.41) is 8.62. The highest BCUT2D eigenvalue weighted by Crippen LogP contribution is 2.23. The Balaban J connectivity index is 3.15. The second kappa shape index (κ2) is 3.93. The lowest BCUT2D eigenvalue weighted by Crippen LogP contribution is -1.85. The minimum atomic E-state index is 0.465. The molecule has 0 fully saturated rings. The van der Waals surface area contributed by atoms with Gasteiger partial charge in [-0.15, -0.1) is 11.8 Å². The fourth-order valence-corrected chi connectivity index (χ4v) is 1.44. The van der Waals surface area contributed by atoms with E-state index in [1.165, 1.54) is 0 Å². The molecule has 0 unspecified atom stereocenters. The van der Waals surface area contributed by atoms with Gasteiger partial charge >= 0.3 is 0 Å². The molecular formula is C9H8N2S. The van der Waals surface area contributed by atoms with Crippen molar-refractivity contribution in [3.63, 3.8) is 0 Å². The van der Waals surface area contributed by atoms with Crippen molar-refractivity contribution in [1.29, 1.82) is 5.26 Å². The van der Waals surface area contributed by atoms with Crippen LogP contribution in [-0.2, 0) is 0 Å². The highest BCUT2D eigenvalue weighted by Gasteiger charge is 2.03. The molecule has 1 rings (SSSR count). The summed E-state index contributed by atoms with van der Waals surface area (Å²) in [5.74, 6) is 0. The molecule has 0 radical (unpaired) electrons. The average molecular weight is 176 g/mol. The zero-order chi connectivity index (χ0) is 8.97. The number of hydrogen-bond donors (Lipinski definition) is 0. The summed E-state index contributed by atoms with van der Waals surface area (Å²) in [4.78, 5) is 4.98. The first kappa shape index (κ1) is 8.82. The van der Waals surface area contributed by atoms with E-state index in [-0.39, 0.29) is 0 Å². The van der Waals surface area contributed by atoms with Crippen molar-refractivity contribution in [2.24, 2.45) is 0 Å². The monoisotopic (exact) mass is 176 g/mol. The van der Waals surface area contributed by atoms with Gasteiger partial charge < -0.3 is 0 Å². The van der Waals surface area contributed by atoms with Crippen LogP contribution in [0.15, 0.2) is 29.9 Å². The maximum atomic E-state index is 8.62. The summed E-state index contributed by atoms with van der Waals surface area (Å²) in [6.45, 7) is 3.64. The Bertz CT molecular complexity index is 339. The van der Waals surface area contributed by atoms with Gasteiger partial charge in [0.1, 0.15) is 0 Å². The Morgan fingerprint density at radius 1 is 1.75 bits per heavy atom. The Labute approximate surface area is 75.9 Å². The predicted molar refractivity (Wildman–Crippen MR) is 50.7 cm³/mol. The third kappa shape index (κ3) is 1.66. The second-order valence-electron chi connectivity index (χ2n) is 2.17. The molecule has 1 heterocycles. The topological polar surface area (TPSA) is 36.7 Å². The molecule has 0 amide bonds. The van der Waals surface area contributed by atoms with Crippen molar-refractivity contribution >= 4 is 17.3 Å². The van der Waals surface area contributed by atoms with Crippen molar-refractivity contribution < 1.29 is 0 Å². The molecule has 0 N–H and O–H groups in total. The van der Waals surface area contributed by atoms with Crippen molar-refractivity contribution in [2.45, 2.75) is 4.90 Å². The van der Waals surface area contributed by atoms with Crippen molar-refractivity contribution in [2.75, 3.05) is 6.26 Å². The van der Waals surface area contributed by atoms with Gasteiger partial charge in [0.15, 0.2) is 0 Å². The molecule has 0 saturated carbocycles. The molecule has 3 heteroatoms. The minimum absolute atomic E-state index is 0.465. The lowest BCUT2D eigenvalue weighted by Gasteiger charge is -2.02. The Kier molecular flexibility index (Phi) is 2.89. The van der Waals surface area contributed by atoms with Crippen LogP contribution in [0, 0.1) is 11.3 Å². The summed E-state index contributed by atoms with van der Waals surface area (Å²) in [6.07, 6.45) is 5.33. The SMILES string of the molecule is C=C(C#N)c1cnccc1SC. The van der Waals surface area contributed by atoms with Gasteiger partial charge in [-0.1, -0.05) is 6.58 Å². The van der Waals surface area contributed by atoms with Gasteiger partial charge in [-0.2, -0.15) is 5.26 Å². The van der Waals surface area contributed by atoms with Crippen LogP contribution in [0.5, 0.6) is 0 Å². The lowest BCUT2D eigenvalue weighted by molar-refractivity contribution is 1.24. The Hall–Kier alpha value is -1.27. The third-order valence-corrected chi connectivity index (χ3v) is 2.26. The summed E-state index contributed by atoms with van der Waals surface area (Å²) in [6, 6.07) is 3.89. The number of pyridine rings is 1. The zero-order valence-electron chi connectivity index (χ0n) is 6.74. The molecule has 1 aromatic rings. The van der Waals surface area contributed by atoms with Crippen LogP contribution in [0.1, 0.15) is 5.56 Å². The van der Waals surface area contributed by atoms with Gasteiger partial charge in [0.05, 0.1) is 11.6 Å². The number of thioether (sulfide) groups is 1. The van der Waals surface area contributed by atoms with Crippen LogP contribution in [0.3, 0.4) is 0 Å². The molecule has 0 aliphatic heterocycles. The maximum Gasteiger partial charge on any atom is 0.0992 e. The van der Waals surface area contributed by atoms with Crippen molar-refractivity contribution in [1.82, 2.24) is 4.98 Å². The summed E-state index contributed by atoms with van der Waals surface area (Å²) >= 11 is 1.59. The molecule has 1 aromatic heterocycles. The lowest BCUT2D eigenvalue weighted by atomic mass is 10.1. The van der Waals surface area contributed by atoms with Gasteiger partial charge in [0.25, 0.3) is 0 Å². The average Bonchev–Trinajstić information content (AvgIpc) is 2.16. The van der Waals surface area contributed by atoms with E-state index in [0.29, 0.717) is 5.57 Å². The number of allylic oxidation sites excluding steroid dienone is 1. The molecule has 0 aliphatic carbocycles. The zero-order valence-corrected chi connectivity index (χ0v) is 7.56. The fourth-order valence-electron chi connectivity index (χ4n) is 0.847. The number of hydrogen-bond acceptors (Lipinski definition) is 3. The highest BCUT2D eigenvalue weighted by atomic mass is 32.2. The van der Waals surface area contributed by atoms with Crippen molar-refractivity contribution in [3.05, 3.63) is 30.6 Å². The van der Waals surface area contributed by atoms with E-state index in [1.807, 2.05) is 18.4 Å². The number of aromatic nitrogens is 1. The molecule has 0 aliphatic rings. The van der Waals surface area contributed by atoms with Gasteiger partial charge in [-0.05, 0) is 12.3 Å². The molecule has 2 nitrogen and oxygen atoms in total. The normalized spacial score (nSPS) is 9.00. The van der Waals surface area contributed by atoms with Gasteiger partial charge in [-0.25, -0.2) is 0 Å². The third-order valence-electron chi connectivity index (χ3n) is 1.46. The number of nitriles is 1. The summed E-state index contributed by atoms with van der Waals surface area (Å²) in [5.41, 5.74) is 1.29. The molecule has 60 valence electrons. The standard InChI is InChI=1S/C9H8N2S/c1-7(5-10)8-6-11-4-3-9(8)12-2/h3-4,6H,1H2,2H3. The molecule has 0 atom stereocenters. The first-order valence-electron chi connectivity index (χ1n) is 3.37. The van der Waals surface area contributed by atoms with E-state index in [9.17, 15) is 0 Å². The first-order valence-corrected chi connectivity index (χ1v) is 4.59. The van der Waals surface area contributed by atoms with E-state index >= 15 is 0 Å². The van der Waals surface area contributed by atoms with Crippen LogP contribution in [-0.4, -0.2) is 11.2 Å². The van der Waals surface area contributed by atoms with Crippen LogP contribution >= 0.6 is 11.8 Å². The molecule has 0 saturated heterocycles. The smallest absolute Gasteiger partial charge is 0.0992 e. The van der Waals surface area contributed by atoms with Crippen LogP contribution in [0.25, 0.3) is 5.57 Å². The predicted octanol–water partition coefficient (Wildman–Crippen LogP) is 2.34. The van der Waals surface area contributed by atoms with Gasteiger partial charge in [0.2, 0.25) is 0 Å². The Morgan fingerprint density at radius 3 is 3.08 bits per heavy atom. The van der Waals surface area contributed by atoms with Crippen molar-refractivity contribution in [3.8, 4) is 6.07 Å². The van der Waals surface area contributed by atoms with E-state index in [4.69, 9.17) is 5.26 Å². The van der Waals surface area contributed by atoms with E-state index < -0.39 is 0 Å².